The molecule has 0 spiro atoms. The van der Waals surface area contributed by atoms with Crippen molar-refractivity contribution in [1.82, 2.24) is 0 Å². The second-order valence-electron chi connectivity index (χ2n) is 3.83. The Kier molecular flexibility index (Phi) is 1.59. The zero-order valence-corrected chi connectivity index (χ0v) is 7.70. The average Bonchev–Trinajstić information content (AvgIpc) is 2.97. The van der Waals surface area contributed by atoms with Gasteiger partial charge >= 0.3 is 0 Å². The summed E-state index contributed by atoms with van der Waals surface area (Å²) in [5.74, 6) is -0.704. The van der Waals surface area contributed by atoms with Crippen LogP contribution in [0.2, 0.25) is 0 Å². The van der Waals surface area contributed by atoms with Crippen molar-refractivity contribution in [2.75, 3.05) is 6.61 Å². The van der Waals surface area contributed by atoms with Gasteiger partial charge in [0.1, 0.15) is 12.4 Å². The van der Waals surface area contributed by atoms with Gasteiger partial charge < -0.3 is 9.47 Å². The van der Waals surface area contributed by atoms with E-state index >= 15 is 0 Å². The molecule has 2 unspecified atom stereocenters. The molecule has 0 amide bonds. The minimum atomic E-state index is -1.51. The van der Waals surface area contributed by atoms with Crippen LogP contribution in [0.4, 0.5) is 4.39 Å². The first kappa shape index (κ1) is 8.24. The van der Waals surface area contributed by atoms with E-state index in [1.807, 2.05) is 24.3 Å². The first-order valence-electron chi connectivity index (χ1n) is 4.85. The van der Waals surface area contributed by atoms with Crippen molar-refractivity contribution in [1.29, 1.82) is 0 Å². The van der Waals surface area contributed by atoms with E-state index in [2.05, 4.69) is 0 Å². The van der Waals surface area contributed by atoms with Crippen LogP contribution < -0.4 is 4.74 Å². The Morgan fingerprint density at radius 2 is 2.14 bits per heavy atom. The molecule has 0 N–H and O–H groups in total. The number of hydrogen-bond acceptors (Lipinski definition) is 2. The molecule has 0 bridgehead atoms. The summed E-state index contributed by atoms with van der Waals surface area (Å²) in [6.45, 7) is 0.180. The van der Waals surface area contributed by atoms with Crippen molar-refractivity contribution in [2.45, 2.75) is 24.8 Å². The number of aryl methyl sites for hydroxylation is 1. The van der Waals surface area contributed by atoms with Crippen LogP contribution in [-0.2, 0) is 11.2 Å². The molecule has 2 nitrogen and oxygen atoms in total. The summed E-state index contributed by atoms with van der Waals surface area (Å²) in [5.41, 5.74) is 1.16. The first-order chi connectivity index (χ1) is 6.78. The van der Waals surface area contributed by atoms with Gasteiger partial charge in [-0.15, -0.1) is 0 Å². The molecule has 2 aliphatic rings. The van der Waals surface area contributed by atoms with Crippen LogP contribution >= 0.6 is 0 Å². The number of fused-ring (bicyclic) bond motifs is 1. The summed E-state index contributed by atoms with van der Waals surface area (Å²) in [5, 5.41) is 0. The number of hydrogen-bond donors (Lipinski definition) is 0. The maximum absolute atomic E-state index is 13.5. The first-order valence-corrected chi connectivity index (χ1v) is 4.85. The number of alkyl halides is 1. The summed E-state index contributed by atoms with van der Waals surface area (Å²) >= 11 is 0. The Balaban J connectivity index is 1.86. The fraction of sp³-hybridized carbons (Fsp3) is 0.455. The molecular weight excluding hydrogens is 183 g/mol. The molecule has 2 atom stereocenters. The molecule has 74 valence electrons. The van der Waals surface area contributed by atoms with Crippen LogP contribution in [0.5, 0.6) is 5.75 Å². The smallest absolute Gasteiger partial charge is 0.270 e. The predicted octanol–water partition coefficient (Wildman–Crippen LogP) is 2.08. The van der Waals surface area contributed by atoms with Gasteiger partial charge in [0, 0.05) is 0 Å². The lowest BCUT2D eigenvalue weighted by molar-refractivity contribution is -0.00392. The lowest BCUT2D eigenvalue weighted by atomic mass is 10.00. The summed E-state index contributed by atoms with van der Waals surface area (Å²) in [6.07, 6.45) is 1.15. The van der Waals surface area contributed by atoms with Crippen LogP contribution in [0, 0.1) is 0 Å². The number of rotatable bonds is 1. The molecule has 1 fully saturated rings. The molecule has 0 aromatic heterocycles. The number of ether oxygens (including phenoxy) is 2. The van der Waals surface area contributed by atoms with E-state index in [0.717, 1.165) is 17.7 Å². The van der Waals surface area contributed by atoms with Gasteiger partial charge in [-0.05, 0) is 24.5 Å². The third kappa shape index (κ3) is 1.20. The summed E-state index contributed by atoms with van der Waals surface area (Å²) in [4.78, 5) is 0. The summed E-state index contributed by atoms with van der Waals surface area (Å²) in [7, 11) is 0. The quantitative estimate of drug-likeness (QED) is 0.638. The molecule has 14 heavy (non-hydrogen) atoms. The standard InChI is InChI=1S/C11H11FO2/c12-11(7-13-11)10-6-5-8-3-1-2-4-9(8)14-10/h1-4,10H,5-7H2. The van der Waals surface area contributed by atoms with Crippen LogP contribution in [0.1, 0.15) is 12.0 Å². The molecule has 1 aromatic carbocycles. The third-order valence-electron chi connectivity index (χ3n) is 2.82. The zero-order chi connectivity index (χ0) is 9.60. The molecule has 3 rings (SSSR count). The Morgan fingerprint density at radius 1 is 1.36 bits per heavy atom. The molecule has 0 aliphatic carbocycles. The third-order valence-corrected chi connectivity index (χ3v) is 2.82. The lowest BCUT2D eigenvalue weighted by Crippen LogP contribution is -2.34. The van der Waals surface area contributed by atoms with Crippen molar-refractivity contribution >= 4 is 0 Å². The van der Waals surface area contributed by atoms with Crippen LogP contribution in [0.3, 0.4) is 0 Å². The molecule has 1 aromatic rings. The normalized spacial score (nSPS) is 34.5. The molecular formula is C11H11FO2. The highest BCUT2D eigenvalue weighted by Gasteiger charge is 2.55. The second-order valence-corrected chi connectivity index (χ2v) is 3.83. The van der Waals surface area contributed by atoms with Crippen molar-refractivity contribution in [2.24, 2.45) is 0 Å². The van der Waals surface area contributed by atoms with E-state index < -0.39 is 12.0 Å². The topological polar surface area (TPSA) is 21.8 Å². The Bertz CT molecular complexity index is 360. The lowest BCUT2D eigenvalue weighted by Gasteiger charge is -2.26. The SMILES string of the molecule is FC1(C2CCc3ccccc3O2)CO1. The van der Waals surface area contributed by atoms with E-state index in [1.165, 1.54) is 0 Å². The van der Waals surface area contributed by atoms with Crippen LogP contribution in [0.25, 0.3) is 0 Å². The maximum atomic E-state index is 13.5. The highest BCUT2D eigenvalue weighted by Crippen LogP contribution is 2.40. The largest absolute Gasteiger partial charge is 0.484 e. The molecule has 2 heterocycles. The Hall–Kier alpha value is -1.09. The maximum Gasteiger partial charge on any atom is 0.270 e. The van der Waals surface area contributed by atoms with Gasteiger partial charge in [0.15, 0.2) is 6.10 Å². The van der Waals surface area contributed by atoms with Crippen LogP contribution in [0.15, 0.2) is 24.3 Å². The Labute approximate surface area is 81.6 Å². The van der Waals surface area contributed by atoms with Gasteiger partial charge in [-0.25, -0.2) is 4.39 Å². The highest BCUT2D eigenvalue weighted by atomic mass is 19.2. The molecule has 2 aliphatic heterocycles. The number of para-hydroxylation sites is 1. The van der Waals surface area contributed by atoms with Crippen molar-refractivity contribution in [3.8, 4) is 5.75 Å². The number of benzene rings is 1. The van der Waals surface area contributed by atoms with Crippen LogP contribution in [-0.4, -0.2) is 18.6 Å². The van der Waals surface area contributed by atoms with Crippen molar-refractivity contribution in [3.05, 3.63) is 29.8 Å². The zero-order valence-electron chi connectivity index (χ0n) is 7.70. The monoisotopic (exact) mass is 194 g/mol. The molecule has 3 heteroatoms. The second kappa shape index (κ2) is 2.70. The molecule has 1 saturated heterocycles. The van der Waals surface area contributed by atoms with E-state index in [-0.39, 0.29) is 6.61 Å². The summed E-state index contributed by atoms with van der Waals surface area (Å²) < 4.78 is 23.9. The fourth-order valence-corrected chi connectivity index (χ4v) is 1.88. The average molecular weight is 194 g/mol. The number of halogens is 1. The van der Waals surface area contributed by atoms with Gasteiger partial charge in [-0.1, -0.05) is 18.2 Å². The summed E-state index contributed by atoms with van der Waals surface area (Å²) in [6, 6.07) is 7.78. The van der Waals surface area contributed by atoms with E-state index in [1.54, 1.807) is 0 Å². The number of epoxide rings is 1. The van der Waals surface area contributed by atoms with Gasteiger partial charge in [-0.2, -0.15) is 0 Å². The molecule has 0 saturated carbocycles. The Morgan fingerprint density at radius 3 is 2.93 bits per heavy atom. The van der Waals surface area contributed by atoms with Crippen molar-refractivity contribution in [3.63, 3.8) is 0 Å². The van der Waals surface area contributed by atoms with E-state index in [4.69, 9.17) is 9.47 Å². The van der Waals surface area contributed by atoms with Gasteiger partial charge in [-0.3, -0.25) is 0 Å². The predicted molar refractivity (Wildman–Crippen MR) is 49.0 cm³/mol. The highest BCUT2D eigenvalue weighted by molar-refractivity contribution is 5.35. The minimum absolute atomic E-state index is 0.180. The molecule has 0 radical (unpaired) electrons. The van der Waals surface area contributed by atoms with Gasteiger partial charge in [0.05, 0.1) is 0 Å². The van der Waals surface area contributed by atoms with Crippen molar-refractivity contribution < 1.29 is 13.9 Å². The van der Waals surface area contributed by atoms with Gasteiger partial charge in [0.2, 0.25) is 0 Å². The van der Waals surface area contributed by atoms with E-state index in [9.17, 15) is 4.39 Å². The van der Waals surface area contributed by atoms with Gasteiger partial charge in [0.25, 0.3) is 5.85 Å². The fourth-order valence-electron chi connectivity index (χ4n) is 1.88. The van der Waals surface area contributed by atoms with E-state index in [0.29, 0.717) is 6.42 Å². The minimum Gasteiger partial charge on any atom is -0.484 e.